The van der Waals surface area contributed by atoms with Crippen LogP contribution in [0.15, 0.2) is 24.3 Å². The zero-order valence-corrected chi connectivity index (χ0v) is 11.3. The third-order valence-corrected chi connectivity index (χ3v) is 6.18. The Balaban J connectivity index is 1.19. The molecule has 1 aromatic carbocycles. The van der Waals surface area contributed by atoms with E-state index in [0.717, 1.165) is 36.3 Å². The fourth-order valence-electron chi connectivity index (χ4n) is 5.38. The molecule has 5 atom stereocenters. The zero-order chi connectivity index (χ0) is 12.4. The summed E-state index contributed by atoms with van der Waals surface area (Å²) < 4.78 is 0. The fraction of sp³-hybridized carbons (Fsp3) is 0.647. The van der Waals surface area contributed by atoms with Crippen molar-refractivity contribution in [2.45, 2.75) is 37.8 Å². The maximum Gasteiger partial charge on any atom is 0.0427 e. The van der Waals surface area contributed by atoms with Gasteiger partial charge >= 0.3 is 0 Å². The summed E-state index contributed by atoms with van der Waals surface area (Å²) in [5, 5.41) is 7.53. The van der Waals surface area contributed by atoms with Crippen LogP contribution < -0.4 is 10.6 Å². The summed E-state index contributed by atoms with van der Waals surface area (Å²) in [4.78, 5) is 0. The number of para-hydroxylation sites is 1. The SMILES string of the molecule is c1ccc2c(c1)CC(CNC1C3C4CCC(C4)C13)N2. The molecule has 3 aliphatic carbocycles. The van der Waals surface area contributed by atoms with Gasteiger partial charge in [-0.2, -0.15) is 0 Å². The van der Waals surface area contributed by atoms with Crippen molar-refractivity contribution < 1.29 is 0 Å². The lowest BCUT2D eigenvalue weighted by Crippen LogP contribution is -2.34. The maximum atomic E-state index is 3.87. The van der Waals surface area contributed by atoms with E-state index in [1.54, 1.807) is 6.42 Å². The molecule has 1 aliphatic heterocycles. The van der Waals surface area contributed by atoms with Gasteiger partial charge in [-0.15, -0.1) is 0 Å². The molecule has 3 fully saturated rings. The molecule has 0 spiro atoms. The van der Waals surface area contributed by atoms with E-state index in [-0.39, 0.29) is 0 Å². The number of fused-ring (bicyclic) bond motifs is 6. The number of hydrogen-bond acceptors (Lipinski definition) is 2. The third-order valence-electron chi connectivity index (χ3n) is 6.18. The third kappa shape index (κ3) is 1.53. The van der Waals surface area contributed by atoms with E-state index in [1.807, 2.05) is 0 Å². The average molecular weight is 254 g/mol. The van der Waals surface area contributed by atoms with Crippen molar-refractivity contribution in [3.05, 3.63) is 29.8 Å². The summed E-state index contributed by atoms with van der Waals surface area (Å²) in [7, 11) is 0. The van der Waals surface area contributed by atoms with Gasteiger partial charge in [0.25, 0.3) is 0 Å². The summed E-state index contributed by atoms with van der Waals surface area (Å²) in [6, 6.07) is 10.2. The van der Waals surface area contributed by atoms with Gasteiger partial charge in [0.2, 0.25) is 0 Å². The van der Waals surface area contributed by atoms with E-state index < -0.39 is 0 Å². The molecule has 0 amide bonds. The number of benzene rings is 1. The van der Waals surface area contributed by atoms with Gasteiger partial charge in [0.05, 0.1) is 0 Å². The maximum absolute atomic E-state index is 3.87. The zero-order valence-electron chi connectivity index (χ0n) is 11.3. The number of anilines is 1. The molecule has 2 bridgehead atoms. The van der Waals surface area contributed by atoms with Gasteiger partial charge in [-0.3, -0.25) is 0 Å². The topological polar surface area (TPSA) is 24.1 Å². The lowest BCUT2D eigenvalue weighted by Gasteiger charge is -2.15. The summed E-state index contributed by atoms with van der Waals surface area (Å²) in [5.74, 6) is 4.28. The van der Waals surface area contributed by atoms with Crippen molar-refractivity contribution in [2.24, 2.45) is 23.7 Å². The van der Waals surface area contributed by atoms with Gasteiger partial charge < -0.3 is 10.6 Å². The van der Waals surface area contributed by atoms with Crippen LogP contribution in [-0.2, 0) is 6.42 Å². The quantitative estimate of drug-likeness (QED) is 0.866. The Hall–Kier alpha value is -1.02. The largest absolute Gasteiger partial charge is 0.380 e. The van der Waals surface area contributed by atoms with E-state index in [9.17, 15) is 0 Å². The fourth-order valence-corrected chi connectivity index (χ4v) is 5.38. The molecule has 1 heterocycles. The summed E-state index contributed by atoms with van der Waals surface area (Å²) >= 11 is 0. The molecule has 2 nitrogen and oxygen atoms in total. The van der Waals surface area contributed by atoms with Crippen LogP contribution in [0.3, 0.4) is 0 Å². The number of nitrogens with one attached hydrogen (secondary N) is 2. The van der Waals surface area contributed by atoms with E-state index in [2.05, 4.69) is 34.9 Å². The number of rotatable bonds is 3. The van der Waals surface area contributed by atoms with E-state index in [0.29, 0.717) is 6.04 Å². The first-order chi connectivity index (χ1) is 9.40. The van der Waals surface area contributed by atoms with Crippen LogP contribution in [0.5, 0.6) is 0 Å². The van der Waals surface area contributed by atoms with Crippen molar-refractivity contribution in [3.8, 4) is 0 Å². The highest BCUT2D eigenvalue weighted by Gasteiger charge is 2.64. The molecule has 3 saturated carbocycles. The first kappa shape index (κ1) is 10.7. The molecule has 0 aromatic heterocycles. The lowest BCUT2D eigenvalue weighted by atomic mass is 10.0. The Bertz CT molecular complexity index is 471. The van der Waals surface area contributed by atoms with Crippen molar-refractivity contribution in [1.29, 1.82) is 0 Å². The van der Waals surface area contributed by atoms with Crippen LogP contribution in [0.25, 0.3) is 0 Å². The summed E-state index contributed by atoms with van der Waals surface area (Å²) in [6.07, 6.45) is 5.80. The molecular weight excluding hydrogens is 232 g/mol. The highest BCUT2D eigenvalue weighted by atomic mass is 15.1. The van der Waals surface area contributed by atoms with Crippen LogP contribution in [0.4, 0.5) is 5.69 Å². The first-order valence-electron chi connectivity index (χ1n) is 7.98. The molecule has 100 valence electrons. The van der Waals surface area contributed by atoms with Gasteiger partial charge in [-0.1, -0.05) is 18.2 Å². The van der Waals surface area contributed by atoms with Crippen molar-refractivity contribution in [2.75, 3.05) is 11.9 Å². The second-order valence-electron chi connectivity index (χ2n) is 7.12. The van der Waals surface area contributed by atoms with Gasteiger partial charge in [-0.05, 0) is 61.0 Å². The highest BCUT2D eigenvalue weighted by Crippen LogP contribution is 2.65. The van der Waals surface area contributed by atoms with E-state index in [1.165, 1.54) is 30.5 Å². The molecule has 1 aromatic rings. The minimum atomic E-state index is 0.608. The van der Waals surface area contributed by atoms with Crippen LogP contribution >= 0.6 is 0 Å². The van der Waals surface area contributed by atoms with Crippen molar-refractivity contribution >= 4 is 5.69 Å². The lowest BCUT2D eigenvalue weighted by molar-refractivity contribution is 0.454. The van der Waals surface area contributed by atoms with Gasteiger partial charge in [-0.25, -0.2) is 0 Å². The summed E-state index contributed by atoms with van der Waals surface area (Å²) in [5.41, 5.74) is 2.84. The van der Waals surface area contributed by atoms with E-state index in [4.69, 9.17) is 0 Å². The van der Waals surface area contributed by atoms with Crippen LogP contribution in [0.2, 0.25) is 0 Å². The predicted molar refractivity (Wildman–Crippen MR) is 77.2 cm³/mol. The Morgan fingerprint density at radius 1 is 1.11 bits per heavy atom. The smallest absolute Gasteiger partial charge is 0.0427 e. The molecule has 2 heteroatoms. The standard InChI is InChI=1S/C17H22N2/c1-2-4-14-10(3-1)8-13(19-14)9-18-17-15-11-5-6-12(7-11)16(15)17/h1-4,11-13,15-19H,5-9H2. The highest BCUT2D eigenvalue weighted by molar-refractivity contribution is 5.56. The van der Waals surface area contributed by atoms with Crippen LogP contribution in [0, 0.1) is 23.7 Å². The molecule has 5 rings (SSSR count). The normalized spacial score (nSPS) is 44.8. The number of hydrogen-bond donors (Lipinski definition) is 2. The van der Waals surface area contributed by atoms with E-state index >= 15 is 0 Å². The molecule has 19 heavy (non-hydrogen) atoms. The minimum Gasteiger partial charge on any atom is -0.380 e. The van der Waals surface area contributed by atoms with Gasteiger partial charge in [0.1, 0.15) is 0 Å². The van der Waals surface area contributed by atoms with Gasteiger partial charge in [0.15, 0.2) is 0 Å². The Kier molecular flexibility index (Phi) is 2.12. The molecule has 0 saturated heterocycles. The second-order valence-corrected chi connectivity index (χ2v) is 7.12. The molecule has 0 radical (unpaired) electrons. The molecule has 5 unspecified atom stereocenters. The van der Waals surface area contributed by atoms with Crippen molar-refractivity contribution in [1.82, 2.24) is 5.32 Å². The van der Waals surface area contributed by atoms with Crippen molar-refractivity contribution in [3.63, 3.8) is 0 Å². The molecule has 4 aliphatic rings. The van der Waals surface area contributed by atoms with Gasteiger partial charge in [0, 0.05) is 24.3 Å². The molecular formula is C17H22N2. The Morgan fingerprint density at radius 2 is 1.89 bits per heavy atom. The second kappa shape index (κ2) is 3.76. The van der Waals surface area contributed by atoms with Crippen LogP contribution in [-0.4, -0.2) is 18.6 Å². The Morgan fingerprint density at radius 3 is 2.68 bits per heavy atom. The Labute approximate surface area is 115 Å². The average Bonchev–Trinajstić information content (AvgIpc) is 2.84. The summed E-state index contributed by atoms with van der Waals surface area (Å²) in [6.45, 7) is 1.14. The minimum absolute atomic E-state index is 0.608. The first-order valence-corrected chi connectivity index (χ1v) is 7.98. The predicted octanol–water partition coefficient (Wildman–Crippen LogP) is 2.66. The monoisotopic (exact) mass is 254 g/mol. The molecule has 2 N–H and O–H groups in total. The van der Waals surface area contributed by atoms with Crippen LogP contribution in [0.1, 0.15) is 24.8 Å².